The van der Waals surface area contributed by atoms with E-state index in [-0.39, 0.29) is 11.8 Å². The Bertz CT molecular complexity index is 1550. The zero-order valence-electron chi connectivity index (χ0n) is 19.7. The van der Waals surface area contributed by atoms with E-state index in [1.165, 1.54) is 6.92 Å². The molecular formula is C28H25N5O2S. The fourth-order valence-electron chi connectivity index (χ4n) is 4.00. The number of benzene rings is 3. The van der Waals surface area contributed by atoms with Crippen molar-refractivity contribution in [3.63, 3.8) is 0 Å². The Morgan fingerprint density at radius 1 is 0.833 bits per heavy atom. The number of hydrogen-bond donors (Lipinski definition) is 3. The van der Waals surface area contributed by atoms with E-state index < -0.39 is 0 Å². The lowest BCUT2D eigenvalue weighted by Crippen LogP contribution is -2.28. The number of aromatic nitrogens is 2. The van der Waals surface area contributed by atoms with E-state index in [4.69, 9.17) is 0 Å². The molecule has 0 fully saturated rings. The first-order valence-electron chi connectivity index (χ1n) is 11.7. The Hall–Kier alpha value is -4.30. The van der Waals surface area contributed by atoms with Crippen molar-refractivity contribution in [1.82, 2.24) is 20.6 Å². The summed E-state index contributed by atoms with van der Waals surface area (Å²) < 4.78 is 1.16. The third kappa shape index (κ3) is 5.34. The molecule has 5 rings (SSSR count). The average molecular weight is 496 g/mol. The number of carbonyl (C=O) groups is 2. The first kappa shape index (κ1) is 23.4. The number of fused-ring (bicyclic) bond motifs is 2. The van der Waals surface area contributed by atoms with Crippen LogP contribution in [-0.4, -0.2) is 34.9 Å². The predicted molar refractivity (Wildman–Crippen MR) is 146 cm³/mol. The molecule has 2 aromatic heterocycles. The van der Waals surface area contributed by atoms with Crippen LogP contribution in [0.4, 0.5) is 11.4 Å². The van der Waals surface area contributed by atoms with Gasteiger partial charge in [0.25, 0.3) is 5.91 Å². The van der Waals surface area contributed by atoms with Gasteiger partial charge in [-0.05, 0) is 60.0 Å². The molecule has 180 valence electrons. The molecule has 8 heteroatoms. The van der Waals surface area contributed by atoms with Gasteiger partial charge in [0.1, 0.15) is 0 Å². The highest BCUT2D eigenvalue weighted by Crippen LogP contribution is 2.30. The fourth-order valence-corrected chi connectivity index (χ4v) is 4.66. The normalized spacial score (nSPS) is 10.9. The van der Waals surface area contributed by atoms with Crippen LogP contribution >= 0.6 is 11.3 Å². The summed E-state index contributed by atoms with van der Waals surface area (Å²) in [4.78, 5) is 32.3. The largest absolute Gasteiger partial charge is 0.356 e. The lowest BCUT2D eigenvalue weighted by atomic mass is 10.0. The highest BCUT2D eigenvalue weighted by atomic mass is 32.1. The van der Waals surface area contributed by atoms with Gasteiger partial charge in [0.15, 0.2) is 0 Å². The summed E-state index contributed by atoms with van der Waals surface area (Å²) in [6, 6.07) is 21.9. The van der Waals surface area contributed by atoms with E-state index in [1.807, 2.05) is 41.9 Å². The molecule has 0 spiro atoms. The molecular weight excluding hydrogens is 470 g/mol. The van der Waals surface area contributed by atoms with Gasteiger partial charge >= 0.3 is 0 Å². The number of nitrogens with zero attached hydrogens (tertiary/aromatic N) is 2. The molecule has 3 aromatic carbocycles. The number of thiazole rings is 1. The summed E-state index contributed by atoms with van der Waals surface area (Å²) in [5, 5.41) is 10.1. The molecule has 0 aliphatic rings. The molecule has 5 aromatic rings. The van der Waals surface area contributed by atoms with Gasteiger partial charge in [-0.25, -0.2) is 4.98 Å². The van der Waals surface area contributed by atoms with Crippen molar-refractivity contribution < 1.29 is 9.59 Å². The Labute approximate surface area is 212 Å². The number of hydrogen-bond acceptors (Lipinski definition) is 6. The van der Waals surface area contributed by atoms with Crippen molar-refractivity contribution in [3.8, 4) is 11.1 Å². The topological polar surface area (TPSA) is 96.0 Å². The Morgan fingerprint density at radius 2 is 1.64 bits per heavy atom. The molecule has 0 saturated carbocycles. The minimum Gasteiger partial charge on any atom is -0.356 e. The lowest BCUT2D eigenvalue weighted by Gasteiger charge is -2.11. The van der Waals surface area contributed by atoms with Gasteiger partial charge in [0.05, 0.1) is 21.2 Å². The molecule has 36 heavy (non-hydrogen) atoms. The summed E-state index contributed by atoms with van der Waals surface area (Å²) in [5.74, 6) is -0.196. The first-order chi connectivity index (χ1) is 17.6. The zero-order valence-corrected chi connectivity index (χ0v) is 20.6. The maximum Gasteiger partial charge on any atom is 0.251 e. The number of anilines is 2. The van der Waals surface area contributed by atoms with Gasteiger partial charge in [0, 0.05) is 48.5 Å². The Morgan fingerprint density at radius 3 is 2.47 bits per heavy atom. The van der Waals surface area contributed by atoms with Crippen molar-refractivity contribution in [2.75, 3.05) is 18.4 Å². The highest BCUT2D eigenvalue weighted by Gasteiger charge is 2.09. The maximum absolute atomic E-state index is 12.4. The zero-order chi connectivity index (χ0) is 24.9. The van der Waals surface area contributed by atoms with Crippen molar-refractivity contribution in [1.29, 1.82) is 0 Å². The monoisotopic (exact) mass is 495 g/mol. The van der Waals surface area contributed by atoms with Crippen LogP contribution in [0.1, 0.15) is 23.7 Å². The Kier molecular flexibility index (Phi) is 6.86. The van der Waals surface area contributed by atoms with Gasteiger partial charge in [-0.15, -0.1) is 11.3 Å². The standard InChI is InChI=1S/C28H25N5O2S/c1-18(34)29-12-2-13-31-28(35)20-5-3-19(4-6-20)21-7-9-23-24(11-14-30-25(23)15-21)33-22-8-10-27-26(16-22)32-17-36-27/h3-11,14-17H,2,12-13H2,1H3,(H,29,34)(H,30,33)(H,31,35). The molecule has 0 unspecified atom stereocenters. The summed E-state index contributed by atoms with van der Waals surface area (Å²) in [6.45, 7) is 2.53. The van der Waals surface area contributed by atoms with E-state index in [9.17, 15) is 9.59 Å². The van der Waals surface area contributed by atoms with Gasteiger partial charge in [-0.2, -0.15) is 0 Å². The van der Waals surface area contributed by atoms with E-state index in [2.05, 4.69) is 56.3 Å². The molecule has 2 heterocycles. The van der Waals surface area contributed by atoms with E-state index in [1.54, 1.807) is 17.5 Å². The SMILES string of the molecule is CC(=O)NCCCNC(=O)c1ccc(-c2ccc3c(Nc4ccc5scnc5c4)ccnc3c2)cc1. The van der Waals surface area contributed by atoms with E-state index in [0.29, 0.717) is 25.1 Å². The average Bonchev–Trinajstić information content (AvgIpc) is 3.36. The molecule has 0 saturated heterocycles. The van der Waals surface area contributed by atoms with Crippen LogP contribution in [0.5, 0.6) is 0 Å². The van der Waals surface area contributed by atoms with E-state index in [0.717, 1.165) is 43.6 Å². The quantitative estimate of drug-likeness (QED) is 0.247. The highest BCUT2D eigenvalue weighted by molar-refractivity contribution is 7.16. The summed E-state index contributed by atoms with van der Waals surface area (Å²) in [6.07, 6.45) is 2.49. The van der Waals surface area contributed by atoms with Crippen molar-refractivity contribution in [3.05, 3.63) is 84.0 Å². The van der Waals surface area contributed by atoms with Crippen molar-refractivity contribution >= 4 is 55.6 Å². The fraction of sp³-hybridized carbons (Fsp3) is 0.143. The van der Waals surface area contributed by atoms with Crippen LogP contribution < -0.4 is 16.0 Å². The number of nitrogens with one attached hydrogen (secondary N) is 3. The van der Waals surface area contributed by atoms with Crippen LogP contribution in [0.15, 0.2) is 78.4 Å². The summed E-state index contributed by atoms with van der Waals surface area (Å²) in [7, 11) is 0. The molecule has 3 N–H and O–H groups in total. The van der Waals surface area contributed by atoms with Crippen LogP contribution in [0.2, 0.25) is 0 Å². The minimum atomic E-state index is -0.129. The molecule has 7 nitrogen and oxygen atoms in total. The molecule has 2 amide bonds. The molecule has 0 atom stereocenters. The predicted octanol–water partition coefficient (Wildman–Crippen LogP) is 5.51. The maximum atomic E-state index is 12.4. The lowest BCUT2D eigenvalue weighted by molar-refractivity contribution is -0.118. The van der Waals surface area contributed by atoms with Gasteiger partial charge < -0.3 is 16.0 Å². The van der Waals surface area contributed by atoms with Crippen molar-refractivity contribution in [2.45, 2.75) is 13.3 Å². The molecule has 0 radical (unpaired) electrons. The Balaban J connectivity index is 1.28. The number of rotatable bonds is 8. The number of amides is 2. The summed E-state index contributed by atoms with van der Waals surface area (Å²) in [5.41, 5.74) is 8.31. The second-order valence-corrected chi connectivity index (χ2v) is 9.31. The third-order valence-electron chi connectivity index (χ3n) is 5.85. The second-order valence-electron chi connectivity index (χ2n) is 8.42. The van der Waals surface area contributed by atoms with Crippen LogP contribution in [0.3, 0.4) is 0 Å². The third-order valence-corrected chi connectivity index (χ3v) is 6.66. The second kappa shape index (κ2) is 10.5. The minimum absolute atomic E-state index is 0.0678. The smallest absolute Gasteiger partial charge is 0.251 e. The van der Waals surface area contributed by atoms with Crippen LogP contribution in [-0.2, 0) is 4.79 Å². The molecule has 0 aliphatic heterocycles. The molecule has 0 aliphatic carbocycles. The van der Waals surface area contributed by atoms with Crippen LogP contribution in [0.25, 0.3) is 32.2 Å². The van der Waals surface area contributed by atoms with Crippen LogP contribution in [0, 0.1) is 0 Å². The number of carbonyl (C=O) groups excluding carboxylic acids is 2. The van der Waals surface area contributed by atoms with Gasteiger partial charge in [-0.1, -0.05) is 24.3 Å². The van der Waals surface area contributed by atoms with E-state index >= 15 is 0 Å². The van der Waals surface area contributed by atoms with Gasteiger partial charge in [-0.3, -0.25) is 14.6 Å². The molecule has 0 bridgehead atoms. The summed E-state index contributed by atoms with van der Waals surface area (Å²) >= 11 is 1.63. The van der Waals surface area contributed by atoms with Crippen molar-refractivity contribution in [2.24, 2.45) is 0 Å². The first-order valence-corrected chi connectivity index (χ1v) is 12.6. The van der Waals surface area contributed by atoms with Gasteiger partial charge in [0.2, 0.25) is 5.91 Å². The number of pyridine rings is 1.